The van der Waals surface area contributed by atoms with Crippen LogP contribution in [0.3, 0.4) is 0 Å². The van der Waals surface area contributed by atoms with Gasteiger partial charge < -0.3 is 5.32 Å². The van der Waals surface area contributed by atoms with Crippen LogP contribution in [0.4, 0.5) is 35.1 Å². The number of nitrogens with zero attached hydrogens (tertiary/aromatic N) is 2. The topological polar surface area (TPSA) is 69.7 Å². The lowest BCUT2D eigenvalue weighted by Crippen LogP contribution is -2.63. The van der Waals surface area contributed by atoms with E-state index in [0.717, 1.165) is 0 Å². The fourth-order valence-corrected chi connectivity index (χ4v) is 6.50. The predicted octanol–water partition coefficient (Wildman–Crippen LogP) is 5.18. The molecule has 0 unspecified atom stereocenters. The molecule has 1 aromatic rings. The van der Waals surface area contributed by atoms with E-state index in [4.69, 9.17) is 0 Å². The lowest BCUT2D eigenvalue weighted by molar-refractivity contribution is -0.141. The molecule has 1 saturated carbocycles. The maximum atomic E-state index is 14.0. The third-order valence-electron chi connectivity index (χ3n) is 7.15. The van der Waals surface area contributed by atoms with Crippen LogP contribution in [0, 0.1) is 0 Å². The first kappa shape index (κ1) is 33.5. The molecule has 1 aliphatic carbocycles. The van der Waals surface area contributed by atoms with Gasteiger partial charge in [0, 0.05) is 51.1 Å². The van der Waals surface area contributed by atoms with Crippen LogP contribution < -0.4 is 5.32 Å². The molecule has 0 atom stereocenters. The average molecular weight is 616 g/mol. The lowest BCUT2D eigenvalue weighted by atomic mass is 9.78. The maximum Gasteiger partial charge on any atom is 0.417 e. The summed E-state index contributed by atoms with van der Waals surface area (Å²) in [6.45, 7) is 1.74. The van der Waals surface area contributed by atoms with E-state index in [1.165, 1.54) is 4.31 Å². The van der Waals surface area contributed by atoms with Crippen molar-refractivity contribution in [3.8, 4) is 0 Å². The van der Waals surface area contributed by atoms with Crippen LogP contribution in [-0.4, -0.2) is 73.5 Å². The van der Waals surface area contributed by atoms with E-state index in [-0.39, 0.29) is 75.4 Å². The second-order valence-electron chi connectivity index (χ2n) is 9.72. The zero-order valence-electron chi connectivity index (χ0n) is 21.0. The molecule has 39 heavy (non-hydrogen) atoms. The Morgan fingerprint density at radius 3 is 2.00 bits per heavy atom. The molecular weight excluding hydrogens is 586 g/mol. The van der Waals surface area contributed by atoms with Gasteiger partial charge in [0.25, 0.3) is 5.91 Å². The highest BCUT2D eigenvalue weighted by Gasteiger charge is 2.48. The Balaban J connectivity index is 0.00000533. The first-order valence-electron chi connectivity index (χ1n) is 12.1. The van der Waals surface area contributed by atoms with Crippen molar-refractivity contribution >= 4 is 28.3 Å². The van der Waals surface area contributed by atoms with Gasteiger partial charge in [0.15, 0.2) is 0 Å². The Hall–Kier alpha value is -1.71. The van der Waals surface area contributed by atoms with E-state index < -0.39 is 75.8 Å². The Morgan fingerprint density at radius 1 is 0.949 bits per heavy atom. The van der Waals surface area contributed by atoms with Gasteiger partial charge in [0.2, 0.25) is 15.9 Å². The highest BCUT2D eigenvalue weighted by atomic mass is 35.5. The van der Waals surface area contributed by atoms with Crippen LogP contribution in [-0.2, 0) is 22.4 Å². The van der Waals surface area contributed by atoms with E-state index >= 15 is 0 Å². The summed E-state index contributed by atoms with van der Waals surface area (Å²) in [5.41, 5.74) is -5.34. The smallest absolute Gasteiger partial charge is 0.350 e. The number of benzene rings is 1. The predicted molar refractivity (Wildman–Crippen MR) is 129 cm³/mol. The molecule has 1 amide bonds. The summed E-state index contributed by atoms with van der Waals surface area (Å²) in [6, 6.07) is 0.540. The van der Waals surface area contributed by atoms with Gasteiger partial charge in [-0.05, 0) is 37.5 Å². The van der Waals surface area contributed by atoms with Gasteiger partial charge in [-0.15, -0.1) is 12.4 Å². The van der Waals surface area contributed by atoms with Gasteiger partial charge in [-0.3, -0.25) is 9.69 Å². The normalized spacial score (nSPS) is 20.7. The molecule has 2 aliphatic rings. The van der Waals surface area contributed by atoms with Gasteiger partial charge >= 0.3 is 12.4 Å². The number of piperazine rings is 1. The van der Waals surface area contributed by atoms with Crippen molar-refractivity contribution in [3.05, 3.63) is 34.9 Å². The Kier molecular flexibility index (Phi) is 10.3. The molecule has 16 heteroatoms. The van der Waals surface area contributed by atoms with Crippen LogP contribution in [0.1, 0.15) is 60.5 Å². The number of alkyl halides is 8. The van der Waals surface area contributed by atoms with Crippen LogP contribution in [0.5, 0.6) is 0 Å². The molecule has 0 radical (unpaired) electrons. The average Bonchev–Trinajstić information content (AvgIpc) is 2.82. The van der Waals surface area contributed by atoms with Gasteiger partial charge in [0.05, 0.1) is 22.4 Å². The number of hydrogen-bond donors (Lipinski definition) is 1. The van der Waals surface area contributed by atoms with Gasteiger partial charge in [-0.2, -0.15) is 30.6 Å². The fourth-order valence-electron chi connectivity index (χ4n) is 5.01. The van der Waals surface area contributed by atoms with Crippen molar-refractivity contribution in [3.63, 3.8) is 0 Å². The molecule has 1 heterocycles. The summed E-state index contributed by atoms with van der Waals surface area (Å²) < 4.78 is 134. The second kappa shape index (κ2) is 12.0. The van der Waals surface area contributed by atoms with E-state index in [2.05, 4.69) is 5.32 Å². The summed E-state index contributed by atoms with van der Waals surface area (Å²) in [6.07, 6.45) is -11.1. The van der Waals surface area contributed by atoms with Gasteiger partial charge in [-0.25, -0.2) is 17.2 Å². The molecule has 1 N–H and O–H groups in total. The number of carbonyl (C=O) groups excluding carboxylic acids is 1. The number of amides is 1. The minimum atomic E-state index is -5.11. The van der Waals surface area contributed by atoms with Gasteiger partial charge in [0.1, 0.15) is 0 Å². The van der Waals surface area contributed by atoms with Crippen molar-refractivity contribution in [1.29, 1.82) is 0 Å². The zero-order valence-corrected chi connectivity index (χ0v) is 22.6. The summed E-state index contributed by atoms with van der Waals surface area (Å²) >= 11 is 0. The minimum Gasteiger partial charge on any atom is -0.350 e. The highest BCUT2D eigenvalue weighted by Crippen LogP contribution is 2.42. The molecule has 224 valence electrons. The van der Waals surface area contributed by atoms with Crippen molar-refractivity contribution in [2.45, 2.75) is 62.8 Å². The lowest BCUT2D eigenvalue weighted by Gasteiger charge is -2.50. The standard InChI is InChI=1S/C23H29F8N3O3S.ClH/c1-2-13-38(36,37)34-11-9-33(10-12-34)20(5-7-21(24,25)8-6-20)15-32-19(35)17-14-16(22(26,27)28)3-4-18(17)23(29,30)31;/h3-4,14H,2,5-13,15H2,1H3,(H,32,35);1H. The van der Waals surface area contributed by atoms with Crippen LogP contribution in [0.15, 0.2) is 18.2 Å². The molecule has 6 nitrogen and oxygen atoms in total. The van der Waals surface area contributed by atoms with E-state index in [1.54, 1.807) is 11.8 Å². The molecule has 0 spiro atoms. The van der Waals surface area contributed by atoms with Crippen molar-refractivity contribution in [2.24, 2.45) is 0 Å². The van der Waals surface area contributed by atoms with Crippen LogP contribution >= 0.6 is 12.4 Å². The van der Waals surface area contributed by atoms with Crippen molar-refractivity contribution in [2.75, 3.05) is 38.5 Å². The van der Waals surface area contributed by atoms with Crippen molar-refractivity contribution in [1.82, 2.24) is 14.5 Å². The molecule has 1 aromatic carbocycles. The number of carbonyl (C=O) groups is 1. The third kappa shape index (κ3) is 7.94. The second-order valence-corrected chi connectivity index (χ2v) is 11.8. The van der Waals surface area contributed by atoms with Crippen LogP contribution in [0.2, 0.25) is 0 Å². The number of halogens is 9. The SMILES string of the molecule is CCCS(=O)(=O)N1CCN(C2(CNC(=O)c3cc(C(F)(F)F)ccc3C(F)(F)F)CCC(F)(F)CC2)CC1.Cl. The van der Waals surface area contributed by atoms with Crippen LogP contribution in [0.25, 0.3) is 0 Å². The molecule has 1 saturated heterocycles. The molecule has 3 rings (SSSR count). The maximum absolute atomic E-state index is 14.0. The minimum absolute atomic E-state index is 0. The monoisotopic (exact) mass is 615 g/mol. The Bertz CT molecular complexity index is 1110. The summed E-state index contributed by atoms with van der Waals surface area (Å²) in [5.74, 6) is -4.45. The Labute approximate surface area is 227 Å². The number of sulfonamides is 1. The molecule has 0 aromatic heterocycles. The summed E-state index contributed by atoms with van der Waals surface area (Å²) in [4.78, 5) is 14.6. The number of nitrogens with one attached hydrogen (secondary N) is 1. The van der Waals surface area contributed by atoms with E-state index in [0.29, 0.717) is 6.42 Å². The quantitative estimate of drug-likeness (QED) is 0.429. The Morgan fingerprint density at radius 2 is 1.51 bits per heavy atom. The molecule has 2 fully saturated rings. The first-order chi connectivity index (χ1) is 17.4. The largest absolute Gasteiger partial charge is 0.417 e. The molecule has 0 bridgehead atoms. The number of hydrogen-bond acceptors (Lipinski definition) is 4. The van der Waals surface area contributed by atoms with E-state index in [1.807, 2.05) is 0 Å². The highest BCUT2D eigenvalue weighted by molar-refractivity contribution is 7.89. The summed E-state index contributed by atoms with van der Waals surface area (Å²) in [7, 11) is -3.50. The fraction of sp³-hybridized carbons (Fsp3) is 0.696. The van der Waals surface area contributed by atoms with Crippen molar-refractivity contribution < 1.29 is 48.3 Å². The molecular formula is C23H30ClF8N3O3S. The third-order valence-corrected chi connectivity index (χ3v) is 9.23. The van der Waals surface area contributed by atoms with Gasteiger partial charge in [-0.1, -0.05) is 6.92 Å². The number of rotatable bonds is 7. The zero-order chi connectivity index (χ0) is 28.6. The summed E-state index contributed by atoms with van der Waals surface area (Å²) in [5, 5.41) is 2.26. The first-order valence-corrected chi connectivity index (χ1v) is 13.7. The van der Waals surface area contributed by atoms with E-state index in [9.17, 15) is 48.3 Å². The molecule has 1 aliphatic heterocycles.